The van der Waals surface area contributed by atoms with Crippen LogP contribution < -0.4 is 10.1 Å². The van der Waals surface area contributed by atoms with Crippen molar-refractivity contribution in [1.29, 1.82) is 0 Å². The van der Waals surface area contributed by atoms with E-state index in [1.807, 2.05) is 48.7 Å². The summed E-state index contributed by atoms with van der Waals surface area (Å²) in [7, 11) is 0. The van der Waals surface area contributed by atoms with Crippen molar-refractivity contribution in [3.63, 3.8) is 0 Å². The molecule has 1 fully saturated rings. The molecule has 0 aliphatic carbocycles. The van der Waals surface area contributed by atoms with E-state index < -0.39 is 0 Å². The van der Waals surface area contributed by atoms with Gasteiger partial charge in [0.2, 0.25) is 5.91 Å². The molecule has 3 rings (SSSR count). The molecule has 0 saturated carbocycles. The van der Waals surface area contributed by atoms with E-state index in [0.717, 1.165) is 24.1 Å². The molecular weight excluding hydrogens is 348 g/mol. The number of amides is 2. The summed E-state index contributed by atoms with van der Waals surface area (Å²) in [5.74, 6) is 0.447. The zero-order valence-corrected chi connectivity index (χ0v) is 15.8. The van der Waals surface area contributed by atoms with Crippen molar-refractivity contribution in [2.45, 2.75) is 26.2 Å². The third kappa shape index (κ3) is 4.43. The Labute approximate surface area is 158 Å². The molecule has 5 nitrogen and oxygen atoms in total. The summed E-state index contributed by atoms with van der Waals surface area (Å²) in [6.45, 7) is 3.82. The topological polar surface area (TPSA) is 58.6 Å². The van der Waals surface area contributed by atoms with E-state index in [2.05, 4.69) is 5.32 Å². The van der Waals surface area contributed by atoms with Gasteiger partial charge in [-0.1, -0.05) is 25.1 Å². The monoisotopic (exact) mass is 372 g/mol. The average molecular weight is 372 g/mol. The van der Waals surface area contributed by atoms with Gasteiger partial charge in [-0.2, -0.15) is 0 Å². The first-order chi connectivity index (χ1) is 12.7. The summed E-state index contributed by atoms with van der Waals surface area (Å²) in [5.41, 5.74) is 0.688. The number of likely N-dealkylation sites (tertiary alicyclic amines) is 1. The third-order valence-electron chi connectivity index (χ3n) is 4.42. The number of hydrogen-bond acceptors (Lipinski definition) is 4. The Bertz CT molecular complexity index is 745. The fourth-order valence-corrected chi connectivity index (χ4v) is 3.77. The maximum atomic E-state index is 12.7. The Hall–Kier alpha value is -2.34. The predicted octanol–water partition coefficient (Wildman–Crippen LogP) is 4.03. The number of carbonyl (C=O) groups is 2. The standard InChI is InChI=1S/C20H24N2O3S/c1-2-12-25-17-9-4-3-8-16(17)21-19(23)15-7-5-11-22(14-15)20(24)18-10-6-13-26-18/h3-4,6,8-10,13,15H,2,5,7,11-12,14H2,1H3,(H,21,23). The maximum Gasteiger partial charge on any atom is 0.263 e. The minimum Gasteiger partial charge on any atom is -0.491 e. The normalized spacial score (nSPS) is 17.0. The van der Waals surface area contributed by atoms with Gasteiger partial charge in [0, 0.05) is 13.1 Å². The molecule has 1 unspecified atom stereocenters. The molecule has 1 atom stereocenters. The highest BCUT2D eigenvalue weighted by Gasteiger charge is 2.29. The summed E-state index contributed by atoms with van der Waals surface area (Å²) in [6.07, 6.45) is 2.53. The molecule has 1 N–H and O–H groups in total. The first-order valence-electron chi connectivity index (χ1n) is 9.04. The number of nitrogens with zero attached hydrogens (tertiary/aromatic N) is 1. The number of rotatable bonds is 6. The van der Waals surface area contributed by atoms with E-state index in [0.29, 0.717) is 31.1 Å². The molecule has 1 aromatic heterocycles. The third-order valence-corrected chi connectivity index (χ3v) is 5.28. The predicted molar refractivity (Wildman–Crippen MR) is 104 cm³/mol. The van der Waals surface area contributed by atoms with Gasteiger partial charge in [0.15, 0.2) is 0 Å². The fraction of sp³-hybridized carbons (Fsp3) is 0.400. The van der Waals surface area contributed by atoms with Gasteiger partial charge in [-0.3, -0.25) is 9.59 Å². The zero-order valence-electron chi connectivity index (χ0n) is 14.9. The second-order valence-electron chi connectivity index (χ2n) is 6.40. The van der Waals surface area contributed by atoms with Crippen LogP contribution in [-0.4, -0.2) is 36.4 Å². The summed E-state index contributed by atoms with van der Waals surface area (Å²) in [4.78, 5) is 27.8. The van der Waals surface area contributed by atoms with E-state index in [4.69, 9.17) is 4.74 Å². The average Bonchev–Trinajstić information content (AvgIpc) is 3.21. The largest absolute Gasteiger partial charge is 0.491 e. The number of anilines is 1. The van der Waals surface area contributed by atoms with Crippen LogP contribution >= 0.6 is 11.3 Å². The number of benzene rings is 1. The van der Waals surface area contributed by atoms with Crippen LogP contribution in [0.5, 0.6) is 5.75 Å². The smallest absolute Gasteiger partial charge is 0.263 e. The molecule has 2 amide bonds. The number of piperidine rings is 1. The molecule has 2 heterocycles. The Morgan fingerprint density at radius 3 is 2.88 bits per heavy atom. The van der Waals surface area contributed by atoms with Gasteiger partial charge in [0.1, 0.15) is 5.75 Å². The Morgan fingerprint density at radius 2 is 2.12 bits per heavy atom. The summed E-state index contributed by atoms with van der Waals surface area (Å²) in [5, 5.41) is 4.88. The SMILES string of the molecule is CCCOc1ccccc1NC(=O)C1CCCN(C(=O)c2cccs2)C1. The van der Waals surface area contributed by atoms with Gasteiger partial charge in [0.25, 0.3) is 5.91 Å². The van der Waals surface area contributed by atoms with Crippen LogP contribution in [0.15, 0.2) is 41.8 Å². The van der Waals surface area contributed by atoms with Crippen LogP contribution in [0.3, 0.4) is 0 Å². The van der Waals surface area contributed by atoms with E-state index in [1.54, 1.807) is 4.90 Å². The quantitative estimate of drug-likeness (QED) is 0.833. The van der Waals surface area contributed by atoms with E-state index in [1.165, 1.54) is 11.3 Å². The number of hydrogen-bond donors (Lipinski definition) is 1. The summed E-state index contributed by atoms with van der Waals surface area (Å²) >= 11 is 1.44. The number of para-hydroxylation sites is 2. The minimum absolute atomic E-state index is 0.0178. The first kappa shape index (κ1) is 18.5. The lowest BCUT2D eigenvalue weighted by Gasteiger charge is -2.31. The lowest BCUT2D eigenvalue weighted by Crippen LogP contribution is -2.43. The molecule has 1 aromatic carbocycles. The van der Waals surface area contributed by atoms with Crippen molar-refractivity contribution in [3.8, 4) is 5.75 Å². The first-order valence-corrected chi connectivity index (χ1v) is 9.92. The van der Waals surface area contributed by atoms with Gasteiger partial charge in [0.05, 0.1) is 23.1 Å². The van der Waals surface area contributed by atoms with Gasteiger partial charge in [-0.15, -0.1) is 11.3 Å². The van der Waals surface area contributed by atoms with E-state index in [-0.39, 0.29) is 17.7 Å². The van der Waals surface area contributed by atoms with Gasteiger partial charge < -0.3 is 15.0 Å². The Balaban J connectivity index is 1.64. The number of thiophene rings is 1. The number of nitrogens with one attached hydrogen (secondary N) is 1. The van der Waals surface area contributed by atoms with Crippen LogP contribution in [-0.2, 0) is 4.79 Å². The lowest BCUT2D eigenvalue weighted by atomic mass is 9.96. The van der Waals surface area contributed by atoms with Crippen LogP contribution in [0, 0.1) is 5.92 Å². The maximum absolute atomic E-state index is 12.7. The highest BCUT2D eigenvalue weighted by Crippen LogP contribution is 2.26. The second-order valence-corrected chi connectivity index (χ2v) is 7.35. The minimum atomic E-state index is -0.202. The van der Waals surface area contributed by atoms with Gasteiger partial charge in [-0.05, 0) is 42.8 Å². The second kappa shape index (κ2) is 8.85. The molecule has 1 aliphatic rings. The number of carbonyl (C=O) groups excluding carboxylic acids is 2. The molecule has 0 bridgehead atoms. The molecule has 2 aromatic rings. The van der Waals surface area contributed by atoms with Crippen LogP contribution in [0.25, 0.3) is 0 Å². The van der Waals surface area contributed by atoms with Crippen molar-refractivity contribution < 1.29 is 14.3 Å². The van der Waals surface area contributed by atoms with E-state index in [9.17, 15) is 9.59 Å². The Kier molecular flexibility index (Phi) is 6.28. The molecule has 1 aliphatic heterocycles. The van der Waals surface area contributed by atoms with Crippen molar-refractivity contribution >= 4 is 28.8 Å². The van der Waals surface area contributed by atoms with Crippen LogP contribution in [0.1, 0.15) is 35.9 Å². The molecule has 1 saturated heterocycles. The van der Waals surface area contributed by atoms with Gasteiger partial charge in [-0.25, -0.2) is 0 Å². The fourth-order valence-electron chi connectivity index (χ4n) is 3.07. The molecule has 0 spiro atoms. The molecule has 6 heteroatoms. The molecule has 26 heavy (non-hydrogen) atoms. The van der Waals surface area contributed by atoms with E-state index >= 15 is 0 Å². The molecule has 0 radical (unpaired) electrons. The van der Waals surface area contributed by atoms with Crippen molar-refractivity contribution in [2.24, 2.45) is 5.92 Å². The highest BCUT2D eigenvalue weighted by atomic mass is 32.1. The van der Waals surface area contributed by atoms with Crippen LogP contribution in [0.4, 0.5) is 5.69 Å². The highest BCUT2D eigenvalue weighted by molar-refractivity contribution is 7.12. The molecular formula is C20H24N2O3S. The summed E-state index contributed by atoms with van der Waals surface area (Å²) < 4.78 is 5.70. The summed E-state index contributed by atoms with van der Waals surface area (Å²) in [6, 6.07) is 11.2. The van der Waals surface area contributed by atoms with Crippen molar-refractivity contribution in [2.75, 3.05) is 25.0 Å². The van der Waals surface area contributed by atoms with Gasteiger partial charge >= 0.3 is 0 Å². The zero-order chi connectivity index (χ0) is 18.4. The van der Waals surface area contributed by atoms with Crippen molar-refractivity contribution in [3.05, 3.63) is 46.7 Å². The van der Waals surface area contributed by atoms with Crippen molar-refractivity contribution in [1.82, 2.24) is 4.90 Å². The Morgan fingerprint density at radius 1 is 1.27 bits per heavy atom. The lowest BCUT2D eigenvalue weighted by molar-refractivity contribution is -0.121. The number of ether oxygens (including phenoxy) is 1. The van der Waals surface area contributed by atoms with Crippen LogP contribution in [0.2, 0.25) is 0 Å². The molecule has 138 valence electrons.